The van der Waals surface area contributed by atoms with Gasteiger partial charge in [0.1, 0.15) is 6.04 Å². The number of hydrogen-bond donors (Lipinski definition) is 5. The number of carbonyl (C=O) groups is 2. The predicted molar refractivity (Wildman–Crippen MR) is 58.0 cm³/mol. The molecule has 9 heteroatoms. The Balaban J connectivity index is 2.73. The van der Waals surface area contributed by atoms with Crippen LogP contribution in [0.4, 0.5) is 0 Å². The molecule has 5 N–H and O–H groups in total. The molecule has 0 spiro atoms. The average Bonchev–Trinajstić information content (AvgIpc) is 2.23. The Morgan fingerprint density at radius 3 is 2.50 bits per heavy atom. The first kappa shape index (κ1) is 13.6. The Hall–Kier alpha value is -2.42. The molecule has 1 amide bonds. The molecule has 0 aliphatic carbocycles. The van der Waals surface area contributed by atoms with E-state index in [0.29, 0.717) is 0 Å². The third kappa shape index (κ3) is 3.87. The number of hydrogen-bond acceptors (Lipinski definition) is 5. The maximum Gasteiger partial charge on any atom is 0.328 e. The van der Waals surface area contributed by atoms with Gasteiger partial charge in [0.25, 0.3) is 5.56 Å². The van der Waals surface area contributed by atoms with E-state index in [1.165, 1.54) is 0 Å². The molecule has 0 fully saturated rings. The molecule has 18 heavy (non-hydrogen) atoms. The van der Waals surface area contributed by atoms with Crippen LogP contribution in [0.1, 0.15) is 5.69 Å². The molecule has 0 saturated heterocycles. The third-order valence-corrected chi connectivity index (χ3v) is 1.98. The van der Waals surface area contributed by atoms with Crippen LogP contribution in [0.15, 0.2) is 15.7 Å². The number of aliphatic carboxylic acids is 1. The number of aliphatic hydroxyl groups excluding tert-OH is 1. The average molecular weight is 257 g/mol. The number of nitrogens with one attached hydrogen (secondary N) is 3. The summed E-state index contributed by atoms with van der Waals surface area (Å²) in [5.41, 5.74) is -1.39. The van der Waals surface area contributed by atoms with E-state index in [0.717, 1.165) is 6.07 Å². The molecule has 1 rings (SSSR count). The van der Waals surface area contributed by atoms with Gasteiger partial charge in [0, 0.05) is 11.8 Å². The van der Waals surface area contributed by atoms with Crippen molar-refractivity contribution < 1.29 is 19.8 Å². The summed E-state index contributed by atoms with van der Waals surface area (Å²) in [6, 6.07) is -0.415. The fraction of sp³-hybridized carbons (Fsp3) is 0.333. The highest BCUT2D eigenvalue weighted by Gasteiger charge is 2.18. The number of rotatable bonds is 5. The van der Waals surface area contributed by atoms with E-state index >= 15 is 0 Å². The largest absolute Gasteiger partial charge is 0.480 e. The van der Waals surface area contributed by atoms with Gasteiger partial charge in [0.05, 0.1) is 13.0 Å². The number of amides is 1. The first-order valence-corrected chi connectivity index (χ1v) is 4.88. The zero-order chi connectivity index (χ0) is 13.7. The molecule has 98 valence electrons. The van der Waals surface area contributed by atoms with Crippen molar-refractivity contribution in [3.63, 3.8) is 0 Å². The maximum atomic E-state index is 11.4. The van der Waals surface area contributed by atoms with Gasteiger partial charge in [0.15, 0.2) is 0 Å². The van der Waals surface area contributed by atoms with Crippen LogP contribution in [0.2, 0.25) is 0 Å². The summed E-state index contributed by atoms with van der Waals surface area (Å²) >= 11 is 0. The van der Waals surface area contributed by atoms with Crippen molar-refractivity contribution in [1.82, 2.24) is 15.3 Å². The summed E-state index contributed by atoms with van der Waals surface area (Å²) in [6.45, 7) is -0.757. The molecule has 0 aliphatic rings. The van der Waals surface area contributed by atoms with Crippen molar-refractivity contribution in [2.75, 3.05) is 6.61 Å². The Labute approximate surface area is 99.5 Å². The van der Waals surface area contributed by atoms with E-state index in [2.05, 4.69) is 4.98 Å². The Morgan fingerprint density at radius 2 is 2.00 bits per heavy atom. The zero-order valence-electron chi connectivity index (χ0n) is 9.10. The van der Waals surface area contributed by atoms with Gasteiger partial charge in [-0.05, 0) is 0 Å². The lowest BCUT2D eigenvalue weighted by Crippen LogP contribution is -2.44. The Morgan fingerprint density at radius 1 is 1.33 bits per heavy atom. The summed E-state index contributed by atoms with van der Waals surface area (Å²) < 4.78 is 0. The molecule has 1 aromatic heterocycles. The van der Waals surface area contributed by atoms with E-state index < -0.39 is 35.8 Å². The summed E-state index contributed by atoms with van der Waals surface area (Å²) in [6.07, 6.45) is -0.372. The molecule has 1 aromatic rings. The van der Waals surface area contributed by atoms with Crippen molar-refractivity contribution in [3.8, 4) is 0 Å². The van der Waals surface area contributed by atoms with Crippen LogP contribution in [0.3, 0.4) is 0 Å². The van der Waals surface area contributed by atoms with Crippen molar-refractivity contribution in [2.45, 2.75) is 12.5 Å². The number of aliphatic hydroxyl groups is 1. The lowest BCUT2D eigenvalue weighted by molar-refractivity contribution is -0.142. The standard InChI is InChI=1S/C9H11N3O6/c13-3-5(8(16)17)11-6(14)1-4-2-7(15)12-9(18)10-4/h2,5,13H,1,3H2,(H,11,14)(H,16,17)(H2,10,12,15,18). The lowest BCUT2D eigenvalue weighted by Gasteiger charge is -2.11. The minimum Gasteiger partial charge on any atom is -0.480 e. The van der Waals surface area contributed by atoms with Gasteiger partial charge in [-0.1, -0.05) is 0 Å². The molecule has 1 heterocycles. The van der Waals surface area contributed by atoms with Crippen LogP contribution < -0.4 is 16.6 Å². The van der Waals surface area contributed by atoms with E-state index in [-0.39, 0.29) is 12.1 Å². The van der Waals surface area contributed by atoms with E-state index in [4.69, 9.17) is 10.2 Å². The van der Waals surface area contributed by atoms with Crippen LogP contribution in [-0.4, -0.2) is 44.7 Å². The molecule has 9 nitrogen and oxygen atoms in total. The molecule has 1 atom stereocenters. The summed E-state index contributed by atoms with van der Waals surface area (Å²) in [7, 11) is 0. The van der Waals surface area contributed by atoms with Crippen LogP contribution in [0.25, 0.3) is 0 Å². The van der Waals surface area contributed by atoms with E-state index in [1.54, 1.807) is 0 Å². The minimum absolute atomic E-state index is 0.0447. The number of H-pyrrole nitrogens is 2. The summed E-state index contributed by atoms with van der Waals surface area (Å²) in [4.78, 5) is 47.9. The highest BCUT2D eigenvalue weighted by molar-refractivity contribution is 5.84. The fourth-order valence-electron chi connectivity index (χ4n) is 1.22. The molecular formula is C9H11N3O6. The topological polar surface area (TPSA) is 152 Å². The number of carbonyl (C=O) groups excluding carboxylic acids is 1. The second-order valence-electron chi connectivity index (χ2n) is 3.43. The van der Waals surface area contributed by atoms with Gasteiger partial charge in [-0.15, -0.1) is 0 Å². The fourth-order valence-corrected chi connectivity index (χ4v) is 1.22. The second-order valence-corrected chi connectivity index (χ2v) is 3.43. The number of aromatic nitrogens is 2. The molecule has 0 aromatic carbocycles. The highest BCUT2D eigenvalue weighted by atomic mass is 16.4. The van der Waals surface area contributed by atoms with Crippen molar-refractivity contribution in [3.05, 3.63) is 32.6 Å². The van der Waals surface area contributed by atoms with E-state index in [9.17, 15) is 19.2 Å². The molecule has 1 unspecified atom stereocenters. The quantitative estimate of drug-likeness (QED) is 0.383. The van der Waals surface area contributed by atoms with Crippen LogP contribution in [0.5, 0.6) is 0 Å². The van der Waals surface area contributed by atoms with Crippen LogP contribution in [0, 0.1) is 0 Å². The van der Waals surface area contributed by atoms with Crippen LogP contribution in [-0.2, 0) is 16.0 Å². The van der Waals surface area contributed by atoms with Gasteiger partial charge in [-0.25, -0.2) is 9.59 Å². The zero-order valence-corrected chi connectivity index (χ0v) is 9.10. The number of carboxylic acids is 1. The number of carboxylic acid groups (broad SMARTS) is 1. The lowest BCUT2D eigenvalue weighted by atomic mass is 10.2. The smallest absolute Gasteiger partial charge is 0.328 e. The van der Waals surface area contributed by atoms with Crippen molar-refractivity contribution >= 4 is 11.9 Å². The van der Waals surface area contributed by atoms with Crippen LogP contribution >= 0.6 is 0 Å². The Kier molecular flexibility index (Phi) is 4.38. The first-order chi connectivity index (χ1) is 8.42. The Bertz CT molecular complexity index is 532. The van der Waals surface area contributed by atoms with E-state index in [1.807, 2.05) is 10.3 Å². The van der Waals surface area contributed by atoms with Gasteiger partial charge < -0.3 is 20.5 Å². The number of aromatic amines is 2. The maximum absolute atomic E-state index is 11.4. The van der Waals surface area contributed by atoms with Crippen molar-refractivity contribution in [1.29, 1.82) is 0 Å². The molecule has 0 radical (unpaired) electrons. The summed E-state index contributed by atoms with van der Waals surface area (Å²) in [5.74, 6) is -2.12. The molecular weight excluding hydrogens is 246 g/mol. The van der Waals surface area contributed by atoms with Crippen molar-refractivity contribution in [2.24, 2.45) is 0 Å². The molecule has 0 saturated carbocycles. The first-order valence-electron chi connectivity index (χ1n) is 4.88. The molecule has 0 aliphatic heterocycles. The SMILES string of the molecule is O=C(Cc1cc(=O)[nH]c(=O)[nH]1)NC(CO)C(=O)O. The monoisotopic (exact) mass is 257 g/mol. The van der Waals surface area contributed by atoms with Gasteiger partial charge >= 0.3 is 11.7 Å². The minimum atomic E-state index is -1.42. The second kappa shape index (κ2) is 5.77. The summed E-state index contributed by atoms with van der Waals surface area (Å²) in [5, 5.41) is 19.3. The van der Waals surface area contributed by atoms with Gasteiger partial charge in [0.2, 0.25) is 5.91 Å². The molecule has 0 bridgehead atoms. The van der Waals surface area contributed by atoms with Gasteiger partial charge in [-0.2, -0.15) is 0 Å². The normalized spacial score (nSPS) is 11.8. The van der Waals surface area contributed by atoms with Gasteiger partial charge in [-0.3, -0.25) is 14.6 Å². The third-order valence-electron chi connectivity index (χ3n) is 1.98. The predicted octanol–water partition coefficient (Wildman–Crippen LogP) is -2.83. The highest BCUT2D eigenvalue weighted by Crippen LogP contribution is 1.90.